The summed E-state index contributed by atoms with van der Waals surface area (Å²) in [6.07, 6.45) is 0. The van der Waals surface area contributed by atoms with Crippen molar-refractivity contribution in [2.75, 3.05) is 0 Å². The van der Waals surface area contributed by atoms with Crippen molar-refractivity contribution in [3.8, 4) is 0 Å². The van der Waals surface area contributed by atoms with Gasteiger partial charge in [-0.1, -0.05) is 130 Å². The van der Waals surface area contributed by atoms with Crippen LogP contribution in [0.1, 0.15) is 62.3 Å². The van der Waals surface area contributed by atoms with E-state index in [1.54, 1.807) is 0 Å². The fourth-order valence-corrected chi connectivity index (χ4v) is 18.3. The average molecular weight is 493 g/mol. The minimum atomic E-state index is -2.91. The molecule has 2 rings (SSSR count). The summed E-state index contributed by atoms with van der Waals surface area (Å²) in [4.78, 5) is 0. The molecule has 2 nitrogen and oxygen atoms in total. The topological polar surface area (TPSA) is 34.7 Å². The Bertz CT molecular complexity index is 814. The summed E-state index contributed by atoms with van der Waals surface area (Å²) in [5, 5.41) is 14.1. The quantitative estimate of drug-likeness (QED) is 0.233. The van der Waals surface area contributed by atoms with Crippen LogP contribution in [0.25, 0.3) is 5.16 Å². The molecule has 0 unspecified atom stereocenters. The zero-order valence-corrected chi connectivity index (χ0v) is 24.9. The largest absolute Gasteiger partial charge is 3.00 e. The molecule has 5 heteroatoms. The van der Waals surface area contributed by atoms with Gasteiger partial charge in [-0.15, -0.1) is 0 Å². The van der Waals surface area contributed by atoms with Crippen LogP contribution in [0, 0.1) is 14.9 Å². The Balaban J connectivity index is 0. The fourth-order valence-electron chi connectivity index (χ4n) is 5.14. The smallest absolute Gasteiger partial charge is 0.782 e. The molecule has 0 heterocycles. The van der Waals surface area contributed by atoms with Crippen molar-refractivity contribution >= 4 is 24.9 Å². The summed E-state index contributed by atoms with van der Waals surface area (Å²) in [7, 11) is -4.99. The van der Waals surface area contributed by atoms with Crippen LogP contribution in [-0.4, -0.2) is 15.5 Å². The minimum absolute atomic E-state index is 0. The molecule has 31 heavy (non-hydrogen) atoms. The molecule has 0 fully saturated rings. The van der Waals surface area contributed by atoms with Crippen molar-refractivity contribution in [1.29, 1.82) is 0 Å². The standard InChI is InChI=1S/C24H37N2P2.2CH3.Ti/c1-22(2,3)28(23(4,5)6,24(7,8)9)26-27(25,20-16-12-10-13-17-20)21-18-14-11-15-19-21;;;/h10-19H,1-9H3;2*1H3;/q3*-1;+3. The van der Waals surface area contributed by atoms with E-state index in [4.69, 9.17) is 4.52 Å². The van der Waals surface area contributed by atoms with Crippen molar-refractivity contribution in [3.05, 3.63) is 80.7 Å². The number of benzene rings is 2. The number of hydrogen-bond acceptors (Lipinski definition) is 0. The summed E-state index contributed by atoms with van der Waals surface area (Å²) >= 11 is 0. The third-order valence-corrected chi connectivity index (χ3v) is 15.4. The fraction of sp³-hybridized carbons (Fsp3) is 0.462. The van der Waals surface area contributed by atoms with Gasteiger partial charge in [0.1, 0.15) is 0 Å². The van der Waals surface area contributed by atoms with E-state index in [2.05, 4.69) is 62.3 Å². The zero-order valence-electron chi connectivity index (χ0n) is 21.6. The van der Waals surface area contributed by atoms with Crippen LogP contribution in [0.2, 0.25) is 0 Å². The molecular formula is C26H43N2P2Ti. The number of rotatable bonds is 3. The molecule has 0 spiro atoms. The summed E-state index contributed by atoms with van der Waals surface area (Å²) in [5.41, 5.74) is 0. The van der Waals surface area contributed by atoms with Crippen LogP contribution in [0.5, 0.6) is 0 Å². The monoisotopic (exact) mass is 493 g/mol. The molecule has 0 N–H and O–H groups in total. The van der Waals surface area contributed by atoms with Gasteiger partial charge in [0.15, 0.2) is 0 Å². The predicted molar refractivity (Wildman–Crippen MR) is 144 cm³/mol. The summed E-state index contributed by atoms with van der Waals surface area (Å²) in [5.74, 6) is 0. The van der Waals surface area contributed by atoms with Crippen molar-refractivity contribution in [3.63, 3.8) is 0 Å². The van der Waals surface area contributed by atoms with E-state index in [0.29, 0.717) is 0 Å². The van der Waals surface area contributed by atoms with Gasteiger partial charge in [0.2, 0.25) is 0 Å². The van der Waals surface area contributed by atoms with Gasteiger partial charge >= 0.3 is 21.7 Å². The summed E-state index contributed by atoms with van der Waals surface area (Å²) in [6, 6.07) is 20.2. The Morgan fingerprint density at radius 3 is 1.06 bits per heavy atom. The van der Waals surface area contributed by atoms with Gasteiger partial charge in [0, 0.05) is 0 Å². The maximum Gasteiger partial charge on any atom is 3.00 e. The Labute approximate surface area is 208 Å². The van der Waals surface area contributed by atoms with Crippen LogP contribution in [0.3, 0.4) is 0 Å². The normalized spacial score (nSPS) is 12.7. The second-order valence-electron chi connectivity index (χ2n) is 10.5. The van der Waals surface area contributed by atoms with E-state index in [0.717, 1.165) is 10.6 Å². The molecule has 0 saturated heterocycles. The Kier molecular flexibility index (Phi) is 11.8. The molecule has 2 aromatic rings. The Hall–Kier alpha value is -0.386. The van der Waals surface area contributed by atoms with Gasteiger partial charge in [0.25, 0.3) is 0 Å². The molecule has 0 atom stereocenters. The zero-order chi connectivity index (χ0) is 21.4. The maximum atomic E-state index is 12.4. The van der Waals surface area contributed by atoms with Gasteiger partial charge in [-0.05, 0) is 33.1 Å². The minimum Gasteiger partial charge on any atom is -0.782 e. The summed E-state index contributed by atoms with van der Waals surface area (Å²) in [6.45, 7) is 20.8. The van der Waals surface area contributed by atoms with E-state index in [1.807, 2.05) is 60.7 Å². The van der Waals surface area contributed by atoms with Crippen molar-refractivity contribution in [2.45, 2.75) is 77.8 Å². The first kappa shape index (κ1) is 32.8. The third-order valence-electron chi connectivity index (χ3n) is 5.41. The van der Waals surface area contributed by atoms with E-state index in [9.17, 15) is 5.16 Å². The first-order valence-electron chi connectivity index (χ1n) is 10.0. The van der Waals surface area contributed by atoms with E-state index in [-0.39, 0.29) is 52.0 Å². The molecule has 0 aliphatic heterocycles. The molecule has 0 aliphatic carbocycles. The maximum absolute atomic E-state index is 12.4. The van der Waals surface area contributed by atoms with Crippen molar-refractivity contribution in [1.82, 2.24) is 0 Å². The van der Waals surface area contributed by atoms with Gasteiger partial charge in [-0.2, -0.15) is 0 Å². The van der Waals surface area contributed by atoms with Crippen LogP contribution >= 0.6 is 14.3 Å². The van der Waals surface area contributed by atoms with E-state index < -0.39 is 14.3 Å². The van der Waals surface area contributed by atoms with Crippen molar-refractivity contribution < 1.29 is 21.7 Å². The number of nitrogens with zero attached hydrogens (tertiary/aromatic N) is 2. The summed E-state index contributed by atoms with van der Waals surface area (Å²) < 4.78 is 5.67. The molecule has 0 aromatic heterocycles. The van der Waals surface area contributed by atoms with Crippen LogP contribution in [-0.2, 0) is 21.7 Å². The molecule has 0 aliphatic rings. The molecule has 0 saturated carbocycles. The second-order valence-corrected chi connectivity index (χ2v) is 18.8. The third kappa shape index (κ3) is 6.15. The molecule has 0 amide bonds. The molecular weight excluding hydrogens is 450 g/mol. The molecule has 2 aromatic carbocycles. The Morgan fingerprint density at radius 2 is 0.839 bits per heavy atom. The van der Waals surface area contributed by atoms with Gasteiger partial charge < -0.3 is 20.0 Å². The molecule has 171 valence electrons. The first-order valence-corrected chi connectivity index (χ1v) is 13.5. The van der Waals surface area contributed by atoms with Gasteiger partial charge in [-0.25, -0.2) is 0 Å². The predicted octanol–water partition coefficient (Wildman–Crippen LogP) is 8.82. The molecule has 1 radical (unpaired) electrons. The second kappa shape index (κ2) is 11.2. The van der Waals surface area contributed by atoms with E-state index >= 15 is 0 Å². The van der Waals surface area contributed by atoms with Crippen LogP contribution in [0.15, 0.2) is 65.2 Å². The van der Waals surface area contributed by atoms with E-state index in [1.165, 1.54) is 0 Å². The average Bonchev–Trinajstić information content (AvgIpc) is 2.57. The SMILES string of the molecule is CC(C)(C)P(=NP(=[N-])(c1ccccc1)c1ccccc1)(C(C)(C)C)C(C)(C)C.[CH3-].[CH3-].[Ti+3]. The van der Waals surface area contributed by atoms with Gasteiger partial charge in [-0.3, -0.25) is 4.52 Å². The van der Waals surface area contributed by atoms with Gasteiger partial charge in [0.05, 0.1) is 0 Å². The van der Waals surface area contributed by atoms with Crippen LogP contribution in [0.4, 0.5) is 0 Å². The Morgan fingerprint density at radius 1 is 0.581 bits per heavy atom. The van der Waals surface area contributed by atoms with Crippen LogP contribution < -0.4 is 10.6 Å². The number of hydrogen-bond donors (Lipinski definition) is 0. The molecule has 0 bridgehead atoms. The van der Waals surface area contributed by atoms with Crippen molar-refractivity contribution in [2.24, 2.45) is 4.52 Å². The first-order chi connectivity index (χ1) is 12.7.